The van der Waals surface area contributed by atoms with Crippen LogP contribution >= 0.6 is 23.2 Å². The number of halogens is 2. The van der Waals surface area contributed by atoms with Crippen LogP contribution < -0.4 is 10.2 Å². The van der Waals surface area contributed by atoms with Crippen molar-refractivity contribution < 1.29 is 8.42 Å². The zero-order chi connectivity index (χ0) is 19.6. The minimum absolute atomic E-state index is 0.0393. The number of aromatic nitrogens is 2. The zero-order valence-corrected chi connectivity index (χ0v) is 17.4. The molecule has 0 atom stereocenters. The summed E-state index contributed by atoms with van der Waals surface area (Å²) in [5.41, 5.74) is 0. The Morgan fingerprint density at radius 1 is 1.11 bits per heavy atom. The van der Waals surface area contributed by atoms with Gasteiger partial charge in [-0.3, -0.25) is 0 Å². The second-order valence-electron chi connectivity index (χ2n) is 6.15. The van der Waals surface area contributed by atoms with Crippen molar-refractivity contribution in [3.63, 3.8) is 0 Å². The fourth-order valence-corrected chi connectivity index (χ4v) is 5.12. The lowest BCUT2D eigenvalue weighted by Crippen LogP contribution is -2.49. The van der Waals surface area contributed by atoms with Gasteiger partial charge < -0.3 is 10.2 Å². The van der Waals surface area contributed by atoms with Gasteiger partial charge in [0, 0.05) is 43.8 Å². The Balaban J connectivity index is 1.76. The van der Waals surface area contributed by atoms with E-state index in [1.807, 2.05) is 19.9 Å². The first-order valence-electron chi connectivity index (χ1n) is 8.61. The molecule has 0 saturated carbocycles. The summed E-state index contributed by atoms with van der Waals surface area (Å²) < 4.78 is 27.3. The van der Waals surface area contributed by atoms with Crippen LogP contribution in [0.1, 0.15) is 12.7 Å². The zero-order valence-electron chi connectivity index (χ0n) is 15.1. The molecule has 1 aliphatic rings. The average molecular weight is 430 g/mol. The molecule has 0 unspecified atom stereocenters. The van der Waals surface area contributed by atoms with Crippen LogP contribution in [-0.2, 0) is 10.0 Å². The smallest absolute Gasteiger partial charge is 0.244 e. The maximum Gasteiger partial charge on any atom is 0.244 e. The van der Waals surface area contributed by atoms with Crippen LogP contribution in [0.25, 0.3) is 0 Å². The Hall–Kier alpha value is -1.61. The van der Waals surface area contributed by atoms with Crippen molar-refractivity contribution in [2.45, 2.75) is 18.7 Å². The highest BCUT2D eigenvalue weighted by Gasteiger charge is 2.30. The van der Waals surface area contributed by atoms with Crippen molar-refractivity contribution in [2.24, 2.45) is 0 Å². The van der Waals surface area contributed by atoms with Crippen molar-refractivity contribution >= 4 is 44.9 Å². The van der Waals surface area contributed by atoms with E-state index in [1.54, 1.807) is 6.07 Å². The van der Waals surface area contributed by atoms with E-state index in [0.717, 1.165) is 18.2 Å². The van der Waals surface area contributed by atoms with Crippen LogP contribution in [0.3, 0.4) is 0 Å². The summed E-state index contributed by atoms with van der Waals surface area (Å²) in [5, 5.41) is 3.69. The third-order valence-corrected chi connectivity index (χ3v) is 6.87. The summed E-state index contributed by atoms with van der Waals surface area (Å²) in [6.07, 6.45) is 0. The maximum absolute atomic E-state index is 12.9. The van der Waals surface area contributed by atoms with Crippen LogP contribution in [0.2, 0.25) is 10.0 Å². The number of hydrogen-bond acceptors (Lipinski definition) is 6. The molecular formula is C17H21Cl2N5O2S. The molecule has 0 aliphatic carbocycles. The van der Waals surface area contributed by atoms with Gasteiger partial charge >= 0.3 is 0 Å². The van der Waals surface area contributed by atoms with Gasteiger partial charge in [-0.05, 0) is 32.0 Å². The minimum Gasteiger partial charge on any atom is -0.370 e. The number of hydrogen-bond donors (Lipinski definition) is 1. The maximum atomic E-state index is 12.9. The molecule has 0 bridgehead atoms. The van der Waals surface area contributed by atoms with Crippen molar-refractivity contribution in [1.29, 1.82) is 0 Å². The number of nitrogens with zero attached hydrogens (tertiary/aromatic N) is 4. The van der Waals surface area contributed by atoms with Gasteiger partial charge in [0.15, 0.2) is 0 Å². The standard InChI is InChI=1S/C17H21Cl2N5O2S/c1-3-20-16-11-17(22-12(2)21-16)23-6-8-24(9-7-23)27(25,26)15-10-13(18)4-5-14(15)19/h4-5,10-11H,3,6-9H2,1-2H3,(H,20,21,22). The lowest BCUT2D eigenvalue weighted by molar-refractivity contribution is 0.383. The second kappa shape index (κ2) is 8.18. The average Bonchev–Trinajstić information content (AvgIpc) is 2.63. The van der Waals surface area contributed by atoms with Gasteiger partial charge in [-0.15, -0.1) is 0 Å². The number of anilines is 2. The molecule has 0 radical (unpaired) electrons. The fourth-order valence-electron chi connectivity index (χ4n) is 2.96. The Morgan fingerprint density at radius 2 is 1.81 bits per heavy atom. The molecule has 146 valence electrons. The van der Waals surface area contributed by atoms with Crippen LogP contribution in [0.5, 0.6) is 0 Å². The normalized spacial score (nSPS) is 15.8. The third kappa shape index (κ3) is 4.45. The molecule has 1 aliphatic heterocycles. The quantitative estimate of drug-likeness (QED) is 0.786. The van der Waals surface area contributed by atoms with E-state index in [2.05, 4.69) is 20.2 Å². The number of sulfonamides is 1. The predicted molar refractivity (Wildman–Crippen MR) is 108 cm³/mol. The molecule has 3 rings (SSSR count). The molecule has 0 spiro atoms. The summed E-state index contributed by atoms with van der Waals surface area (Å²) in [4.78, 5) is 10.9. The van der Waals surface area contributed by atoms with Gasteiger partial charge in [0.25, 0.3) is 0 Å². The molecule has 1 aromatic heterocycles. The lowest BCUT2D eigenvalue weighted by Gasteiger charge is -2.35. The first kappa shape index (κ1) is 20.1. The van der Waals surface area contributed by atoms with Gasteiger partial charge in [0.05, 0.1) is 5.02 Å². The van der Waals surface area contributed by atoms with Gasteiger partial charge in [0.1, 0.15) is 22.4 Å². The Morgan fingerprint density at radius 3 is 2.48 bits per heavy atom. The number of aryl methyl sites for hydroxylation is 1. The van der Waals surface area contributed by atoms with Crippen molar-refractivity contribution in [3.8, 4) is 0 Å². The molecule has 7 nitrogen and oxygen atoms in total. The summed E-state index contributed by atoms with van der Waals surface area (Å²) in [7, 11) is -3.70. The van der Waals surface area contributed by atoms with Crippen LogP contribution in [-0.4, -0.2) is 55.4 Å². The van der Waals surface area contributed by atoms with E-state index in [1.165, 1.54) is 16.4 Å². The SMILES string of the molecule is CCNc1cc(N2CCN(S(=O)(=O)c3cc(Cl)ccc3Cl)CC2)nc(C)n1. The molecule has 1 fully saturated rings. The molecule has 0 amide bonds. The van der Waals surface area contributed by atoms with Crippen LogP contribution in [0.15, 0.2) is 29.2 Å². The Bertz CT molecular complexity index is 931. The third-order valence-electron chi connectivity index (χ3n) is 4.26. The Kier molecular flexibility index (Phi) is 6.10. The molecule has 27 heavy (non-hydrogen) atoms. The topological polar surface area (TPSA) is 78.4 Å². The summed E-state index contributed by atoms with van der Waals surface area (Å²) in [6.45, 7) is 6.34. The van der Waals surface area contributed by atoms with Crippen LogP contribution in [0, 0.1) is 6.92 Å². The number of benzene rings is 1. The van der Waals surface area contributed by atoms with E-state index in [-0.39, 0.29) is 9.92 Å². The highest BCUT2D eigenvalue weighted by Crippen LogP contribution is 2.29. The molecule has 1 saturated heterocycles. The highest BCUT2D eigenvalue weighted by atomic mass is 35.5. The first-order valence-corrected chi connectivity index (χ1v) is 10.8. The molecule has 2 heterocycles. The van der Waals surface area contributed by atoms with Gasteiger partial charge in [-0.25, -0.2) is 18.4 Å². The van der Waals surface area contributed by atoms with Crippen molar-refractivity contribution in [3.05, 3.63) is 40.1 Å². The summed E-state index contributed by atoms with van der Waals surface area (Å²) in [5.74, 6) is 2.22. The van der Waals surface area contributed by atoms with E-state index in [0.29, 0.717) is 37.0 Å². The van der Waals surface area contributed by atoms with E-state index in [4.69, 9.17) is 23.2 Å². The summed E-state index contributed by atoms with van der Waals surface area (Å²) in [6, 6.07) is 6.34. The fraction of sp³-hybridized carbons (Fsp3) is 0.412. The molecule has 1 N–H and O–H groups in total. The highest BCUT2D eigenvalue weighted by molar-refractivity contribution is 7.89. The van der Waals surface area contributed by atoms with E-state index >= 15 is 0 Å². The van der Waals surface area contributed by atoms with Gasteiger partial charge in [-0.1, -0.05) is 23.2 Å². The van der Waals surface area contributed by atoms with Gasteiger partial charge in [0.2, 0.25) is 10.0 Å². The Labute approximate surface area is 169 Å². The largest absolute Gasteiger partial charge is 0.370 e. The van der Waals surface area contributed by atoms with E-state index in [9.17, 15) is 8.42 Å². The predicted octanol–water partition coefficient (Wildman–Crippen LogP) is 3.03. The summed E-state index contributed by atoms with van der Waals surface area (Å²) >= 11 is 12.0. The van der Waals surface area contributed by atoms with Crippen LogP contribution in [0.4, 0.5) is 11.6 Å². The number of piperazine rings is 1. The minimum atomic E-state index is -3.70. The van der Waals surface area contributed by atoms with E-state index < -0.39 is 10.0 Å². The second-order valence-corrected chi connectivity index (χ2v) is 8.90. The van der Waals surface area contributed by atoms with Crippen molar-refractivity contribution in [1.82, 2.24) is 14.3 Å². The lowest BCUT2D eigenvalue weighted by atomic mass is 10.3. The monoisotopic (exact) mass is 429 g/mol. The first-order chi connectivity index (χ1) is 12.8. The number of rotatable bonds is 5. The van der Waals surface area contributed by atoms with Gasteiger partial charge in [-0.2, -0.15) is 4.31 Å². The number of nitrogens with one attached hydrogen (secondary N) is 1. The molecule has 2 aromatic rings. The molecule has 1 aromatic carbocycles. The molecule has 10 heteroatoms. The molecular weight excluding hydrogens is 409 g/mol. The van der Waals surface area contributed by atoms with Crippen molar-refractivity contribution in [2.75, 3.05) is 42.9 Å².